The summed E-state index contributed by atoms with van der Waals surface area (Å²) in [5, 5.41) is 4.38. The molecule has 0 bridgehead atoms. The van der Waals surface area contributed by atoms with Gasteiger partial charge in [0, 0.05) is 17.1 Å². The lowest BCUT2D eigenvalue weighted by molar-refractivity contribution is 1.28. The minimum atomic E-state index is -0.414. The van der Waals surface area contributed by atoms with Crippen molar-refractivity contribution in [3.05, 3.63) is 285 Å². The minimum absolute atomic E-state index is 0.0841. The van der Waals surface area contributed by atoms with Crippen LogP contribution >= 0.6 is 0 Å². The number of benzene rings is 12. The second kappa shape index (κ2) is 18.3. The Morgan fingerprint density at radius 3 is 1.22 bits per heavy atom. The Morgan fingerprint density at radius 1 is 0.232 bits per heavy atom. The Bertz CT molecular complexity index is 4110. The van der Waals surface area contributed by atoms with Crippen LogP contribution in [0, 0.1) is 0 Å². The molecule has 0 radical (unpaired) electrons. The lowest BCUT2D eigenvalue weighted by Gasteiger charge is -2.26. The highest BCUT2D eigenvalue weighted by molar-refractivity contribution is 6.04. The van der Waals surface area contributed by atoms with E-state index < -0.39 is 24.2 Å². The third-order valence-corrected chi connectivity index (χ3v) is 12.8. The molecule has 0 N–H and O–H groups in total. The molecule has 0 spiro atoms. The number of rotatable bonds is 10. The zero-order valence-corrected chi connectivity index (χ0v) is 37.5. The van der Waals surface area contributed by atoms with Gasteiger partial charge in [-0.05, 0) is 160 Å². The second-order valence-electron chi connectivity index (χ2n) is 17.1. The van der Waals surface area contributed by atoms with Crippen LogP contribution in [0.4, 0.5) is 17.1 Å². The van der Waals surface area contributed by atoms with E-state index in [9.17, 15) is 11.0 Å². The molecule has 0 unspecified atom stereocenters. The molecule has 0 aliphatic carbocycles. The molecule has 69 heavy (non-hydrogen) atoms. The molecule has 0 saturated carbocycles. The quantitative estimate of drug-likeness (QED) is 0.132. The topological polar surface area (TPSA) is 3.24 Å². The van der Waals surface area contributed by atoms with Gasteiger partial charge in [-0.1, -0.05) is 224 Å². The van der Waals surface area contributed by atoms with Gasteiger partial charge in [-0.25, -0.2) is 0 Å². The Kier molecular flexibility index (Phi) is 8.88. The number of anilines is 3. The molecule has 0 aromatic heterocycles. The molecule has 324 valence electrons. The van der Waals surface area contributed by atoms with Crippen LogP contribution in [0.15, 0.2) is 285 Å². The number of fused-ring (bicyclic) bond motifs is 2. The highest BCUT2D eigenvalue weighted by atomic mass is 15.1. The molecule has 1 nitrogen and oxygen atoms in total. The molecular weight excluding hydrogens is 831 g/mol. The predicted molar refractivity (Wildman–Crippen MR) is 294 cm³/mol. The Hall–Kier alpha value is -9.04. The largest absolute Gasteiger partial charge is 0.311 e. The first-order valence-electron chi connectivity index (χ1n) is 27.1. The zero-order valence-electron chi connectivity index (χ0n) is 45.5. The maximum absolute atomic E-state index is 9.88. The van der Waals surface area contributed by atoms with E-state index in [0.29, 0.717) is 16.8 Å². The van der Waals surface area contributed by atoms with Gasteiger partial charge in [0.05, 0.1) is 11.0 Å². The third kappa shape index (κ3) is 8.39. The molecule has 12 aromatic rings. The van der Waals surface area contributed by atoms with E-state index in [1.54, 1.807) is 24.3 Å². The fourth-order valence-corrected chi connectivity index (χ4v) is 9.28. The average molecular weight is 886 g/mol. The second-order valence-corrected chi connectivity index (χ2v) is 17.1. The van der Waals surface area contributed by atoms with Gasteiger partial charge in [0.2, 0.25) is 0 Å². The van der Waals surface area contributed by atoms with Crippen molar-refractivity contribution in [1.29, 1.82) is 0 Å². The molecule has 0 atom stereocenters. The van der Waals surface area contributed by atoms with Crippen molar-refractivity contribution < 1.29 is 11.0 Å². The van der Waals surface area contributed by atoms with E-state index in [0.717, 1.165) is 77.2 Å². The minimum Gasteiger partial charge on any atom is -0.311 e. The summed E-state index contributed by atoms with van der Waals surface area (Å²) in [6, 6.07) is 74.3. The van der Waals surface area contributed by atoms with Crippen LogP contribution in [-0.4, -0.2) is 0 Å². The van der Waals surface area contributed by atoms with Crippen LogP contribution in [0.3, 0.4) is 0 Å². The van der Waals surface area contributed by atoms with Gasteiger partial charge in [-0.2, -0.15) is 0 Å². The predicted octanol–water partition coefficient (Wildman–Crippen LogP) is 19.1. The van der Waals surface area contributed by atoms with Crippen molar-refractivity contribution in [1.82, 2.24) is 0 Å². The lowest BCUT2D eigenvalue weighted by atomic mass is 9.90. The monoisotopic (exact) mass is 885 g/mol. The molecule has 0 saturated heterocycles. The molecular formula is C68H47N. The summed E-state index contributed by atoms with van der Waals surface area (Å²) in [7, 11) is 0. The van der Waals surface area contributed by atoms with Crippen LogP contribution in [0.25, 0.3) is 99.4 Å². The summed E-state index contributed by atoms with van der Waals surface area (Å²) in [6.45, 7) is 0. The van der Waals surface area contributed by atoms with Crippen LogP contribution in [0.1, 0.15) is 11.0 Å². The number of hydrogen-bond donors (Lipinski definition) is 0. The first-order chi connectivity index (χ1) is 37.5. The normalized spacial score (nSPS) is 12.8. The fourth-order valence-electron chi connectivity index (χ4n) is 9.28. The number of hydrogen-bond acceptors (Lipinski definition) is 1. The highest BCUT2D eigenvalue weighted by Gasteiger charge is 2.17. The van der Waals surface area contributed by atoms with Gasteiger partial charge in [0.25, 0.3) is 0 Å². The summed E-state index contributed by atoms with van der Waals surface area (Å²) < 4.78 is 78.0. The molecule has 0 heterocycles. The first kappa shape index (κ1) is 33.4. The van der Waals surface area contributed by atoms with Gasteiger partial charge in [0.1, 0.15) is 0 Å². The Morgan fingerprint density at radius 2 is 0.638 bits per heavy atom. The summed E-state index contributed by atoms with van der Waals surface area (Å²) >= 11 is 0. The molecule has 0 aliphatic heterocycles. The molecule has 1 heteroatoms. The van der Waals surface area contributed by atoms with Crippen molar-refractivity contribution >= 4 is 38.6 Å². The molecule has 12 rings (SSSR count). The summed E-state index contributed by atoms with van der Waals surface area (Å²) in [5.74, 6) is 0. The van der Waals surface area contributed by atoms with Crippen molar-refractivity contribution in [3.63, 3.8) is 0 Å². The lowest BCUT2D eigenvalue weighted by Crippen LogP contribution is -2.09. The van der Waals surface area contributed by atoms with E-state index in [1.807, 2.05) is 140 Å². The highest BCUT2D eigenvalue weighted by Crippen LogP contribution is 2.42. The van der Waals surface area contributed by atoms with E-state index in [2.05, 4.69) is 72.8 Å². The smallest absolute Gasteiger partial charge is 0.0645 e. The SMILES string of the molecule is [2H]c1c([2H])c(N(c2ccc(-c3ccc4ccccc4c3-c3ccccc3)cc2)c2c([2H])c([2H])c(-c3cc(-c4ccccc4)cc(-c4ccccc4)c3)c([2H])c2[2H])c([2H])c([2H])c1-c1ccc(-c2ccc3ccccc3c2)cc1. The molecule has 0 fully saturated rings. The van der Waals surface area contributed by atoms with E-state index in [1.165, 1.54) is 4.90 Å². The summed E-state index contributed by atoms with van der Waals surface area (Å²) in [4.78, 5) is 1.37. The van der Waals surface area contributed by atoms with Gasteiger partial charge in [-0.3, -0.25) is 0 Å². The van der Waals surface area contributed by atoms with Gasteiger partial charge >= 0.3 is 0 Å². The summed E-state index contributed by atoms with van der Waals surface area (Å²) in [5.41, 5.74) is 10.3. The maximum atomic E-state index is 9.88. The van der Waals surface area contributed by atoms with Crippen molar-refractivity contribution in [2.45, 2.75) is 0 Å². The van der Waals surface area contributed by atoms with Crippen LogP contribution in [-0.2, 0) is 0 Å². The molecule has 0 aliphatic rings. The fraction of sp³-hybridized carbons (Fsp3) is 0. The first-order valence-corrected chi connectivity index (χ1v) is 23.1. The maximum Gasteiger partial charge on any atom is 0.0645 e. The van der Waals surface area contributed by atoms with Crippen LogP contribution in [0.5, 0.6) is 0 Å². The van der Waals surface area contributed by atoms with Crippen molar-refractivity contribution in [2.24, 2.45) is 0 Å². The standard InChI is InChI=1S/C68H47N/c1-4-14-48(15-5-1)60-45-61(49-16-6-2-7-17-49)47-62(46-60)54-32-39-64(40-33-54)69(63-37-30-52(31-38-63)51-24-26-53(27-25-51)59-29-28-50-18-10-11-22-58(50)44-59)65-41-34-56(35-42-65)67-43-36-55-19-12-13-23-66(55)68(67)57-20-8-3-9-21-57/h1-47H/i30D,31D,32D,33D,37D,38D,39D,40D. The Balaban J connectivity index is 1.04. The van der Waals surface area contributed by atoms with Crippen LogP contribution < -0.4 is 4.90 Å². The van der Waals surface area contributed by atoms with Gasteiger partial charge in [0.15, 0.2) is 0 Å². The van der Waals surface area contributed by atoms with E-state index in [-0.39, 0.29) is 46.7 Å². The summed E-state index contributed by atoms with van der Waals surface area (Å²) in [6.07, 6.45) is 0. The van der Waals surface area contributed by atoms with Gasteiger partial charge < -0.3 is 4.90 Å². The van der Waals surface area contributed by atoms with E-state index >= 15 is 0 Å². The average Bonchev–Trinajstić information content (AvgIpc) is 3.55. The Labute approximate surface area is 415 Å². The van der Waals surface area contributed by atoms with Crippen molar-refractivity contribution in [3.8, 4) is 77.9 Å². The van der Waals surface area contributed by atoms with Gasteiger partial charge in [-0.15, -0.1) is 0 Å². The third-order valence-electron chi connectivity index (χ3n) is 12.8. The van der Waals surface area contributed by atoms with Crippen LogP contribution in [0.2, 0.25) is 0 Å². The van der Waals surface area contributed by atoms with E-state index in [4.69, 9.17) is 0 Å². The molecule has 0 amide bonds. The molecule has 12 aromatic carbocycles. The zero-order chi connectivity index (χ0) is 52.9. The number of nitrogens with zero attached hydrogens (tertiary/aromatic N) is 1. The van der Waals surface area contributed by atoms with Crippen molar-refractivity contribution in [2.75, 3.05) is 4.90 Å².